The first-order valence-electron chi connectivity index (χ1n) is 25.1. The molecule has 0 heterocycles. The molecular weight excluding hydrogens is 709 g/mol. The van der Waals surface area contributed by atoms with Gasteiger partial charge in [0.25, 0.3) is 0 Å². The molecule has 0 aromatic rings. The van der Waals surface area contributed by atoms with E-state index < -0.39 is 6.10 Å². The van der Waals surface area contributed by atoms with Crippen LogP contribution in [0, 0.1) is 17.8 Å². The van der Waals surface area contributed by atoms with Crippen LogP contribution in [0.15, 0.2) is 0 Å². The van der Waals surface area contributed by atoms with Crippen LogP contribution >= 0.6 is 0 Å². The predicted octanol–water partition coefficient (Wildman–Crippen LogP) is 16.0. The van der Waals surface area contributed by atoms with Crippen LogP contribution in [0.25, 0.3) is 0 Å². The number of unbranched alkanes of at least 4 members (excludes halogenated alkanes) is 26. The molecule has 338 valence electrons. The van der Waals surface area contributed by atoms with Gasteiger partial charge in [0, 0.05) is 19.3 Å². The van der Waals surface area contributed by atoms with E-state index in [1.807, 2.05) is 0 Å². The van der Waals surface area contributed by atoms with Crippen LogP contribution in [0.1, 0.15) is 273 Å². The number of ether oxygens (including phenoxy) is 3. The lowest BCUT2D eigenvalue weighted by molar-refractivity contribution is -0.167. The maximum atomic E-state index is 12.8. The molecule has 6 heteroatoms. The van der Waals surface area contributed by atoms with Gasteiger partial charge in [0.2, 0.25) is 0 Å². The van der Waals surface area contributed by atoms with Crippen LogP contribution < -0.4 is 0 Å². The molecule has 2 atom stereocenters. The summed E-state index contributed by atoms with van der Waals surface area (Å²) in [7, 11) is 0. The van der Waals surface area contributed by atoms with Crippen molar-refractivity contribution >= 4 is 17.9 Å². The highest BCUT2D eigenvalue weighted by Crippen LogP contribution is 2.18. The van der Waals surface area contributed by atoms with Gasteiger partial charge in [0.1, 0.15) is 13.2 Å². The molecule has 0 fully saturated rings. The zero-order valence-corrected chi connectivity index (χ0v) is 39.1. The second-order valence-electron chi connectivity index (χ2n) is 18.6. The Morgan fingerprint density at radius 2 is 0.614 bits per heavy atom. The molecule has 0 aliphatic carbocycles. The topological polar surface area (TPSA) is 78.9 Å². The van der Waals surface area contributed by atoms with Crippen LogP contribution in [0.3, 0.4) is 0 Å². The summed E-state index contributed by atoms with van der Waals surface area (Å²) in [6.07, 6.45) is 40.9. The summed E-state index contributed by atoms with van der Waals surface area (Å²) in [5.74, 6) is 1.61. The highest BCUT2D eigenvalue weighted by Gasteiger charge is 2.19. The molecule has 0 saturated carbocycles. The highest BCUT2D eigenvalue weighted by atomic mass is 16.6. The zero-order chi connectivity index (χ0) is 42.0. The fraction of sp³-hybridized carbons (Fsp3) is 0.941. The van der Waals surface area contributed by atoms with Crippen LogP contribution in [0.4, 0.5) is 0 Å². The van der Waals surface area contributed by atoms with E-state index in [2.05, 4.69) is 41.5 Å². The Labute approximate surface area is 355 Å². The molecule has 0 saturated heterocycles. The van der Waals surface area contributed by atoms with Gasteiger partial charge in [0.15, 0.2) is 6.10 Å². The minimum atomic E-state index is -0.763. The van der Waals surface area contributed by atoms with E-state index in [0.29, 0.717) is 19.3 Å². The second kappa shape index (κ2) is 42.5. The predicted molar refractivity (Wildman–Crippen MR) is 243 cm³/mol. The summed E-state index contributed by atoms with van der Waals surface area (Å²) in [6.45, 7) is 13.7. The molecule has 57 heavy (non-hydrogen) atoms. The van der Waals surface area contributed by atoms with Gasteiger partial charge < -0.3 is 14.2 Å². The monoisotopic (exact) mass is 807 g/mol. The van der Waals surface area contributed by atoms with Gasteiger partial charge in [-0.2, -0.15) is 0 Å². The summed E-state index contributed by atoms with van der Waals surface area (Å²) in [4.78, 5) is 37.9. The van der Waals surface area contributed by atoms with Crippen molar-refractivity contribution in [2.45, 2.75) is 279 Å². The SMILES string of the molecule is CCC(C)CCCCCCCCC(=O)OC[C@@H](COC(=O)CCCCCCCCCCCCC(C)C)OC(=O)CCCCCCCCCCCCCCCC(C)C. The molecule has 0 spiro atoms. The van der Waals surface area contributed by atoms with E-state index in [-0.39, 0.29) is 31.1 Å². The van der Waals surface area contributed by atoms with E-state index in [1.165, 1.54) is 154 Å². The number of hydrogen-bond acceptors (Lipinski definition) is 6. The minimum absolute atomic E-state index is 0.0657. The number of hydrogen-bond donors (Lipinski definition) is 0. The lowest BCUT2D eigenvalue weighted by atomic mass is 10.00. The Morgan fingerprint density at radius 3 is 0.912 bits per heavy atom. The molecule has 0 radical (unpaired) electrons. The summed E-state index contributed by atoms with van der Waals surface area (Å²) in [5.41, 5.74) is 0. The number of esters is 3. The first kappa shape index (κ1) is 55.4. The third-order valence-corrected chi connectivity index (χ3v) is 11.8. The van der Waals surface area contributed by atoms with Crippen molar-refractivity contribution in [3.8, 4) is 0 Å². The Morgan fingerprint density at radius 1 is 0.351 bits per heavy atom. The van der Waals surface area contributed by atoms with Gasteiger partial charge in [-0.1, -0.05) is 234 Å². The van der Waals surface area contributed by atoms with E-state index in [1.54, 1.807) is 0 Å². The Balaban J connectivity index is 4.32. The second-order valence-corrected chi connectivity index (χ2v) is 18.6. The van der Waals surface area contributed by atoms with Gasteiger partial charge in [-0.25, -0.2) is 0 Å². The van der Waals surface area contributed by atoms with Gasteiger partial charge in [-0.15, -0.1) is 0 Å². The lowest BCUT2D eigenvalue weighted by Gasteiger charge is -2.18. The Kier molecular flexibility index (Phi) is 41.3. The van der Waals surface area contributed by atoms with Crippen molar-refractivity contribution in [3.05, 3.63) is 0 Å². The zero-order valence-electron chi connectivity index (χ0n) is 39.1. The van der Waals surface area contributed by atoms with Crippen LogP contribution in [-0.2, 0) is 28.6 Å². The summed E-state index contributed by atoms with van der Waals surface area (Å²) in [5, 5.41) is 0. The molecule has 1 unspecified atom stereocenters. The molecular formula is C51H98O6. The van der Waals surface area contributed by atoms with E-state index in [9.17, 15) is 14.4 Å². The molecule has 0 aromatic carbocycles. The quantitative estimate of drug-likeness (QED) is 0.0347. The van der Waals surface area contributed by atoms with Crippen molar-refractivity contribution < 1.29 is 28.6 Å². The average molecular weight is 807 g/mol. The fourth-order valence-corrected chi connectivity index (χ4v) is 7.55. The highest BCUT2D eigenvalue weighted by molar-refractivity contribution is 5.71. The Hall–Kier alpha value is -1.59. The first-order chi connectivity index (χ1) is 27.6. The standard InChI is InChI=1S/C51H98O6/c1-7-47(6)39-33-27-23-24-29-35-41-50(53)56-44-48(43-55-49(52)40-34-28-21-17-14-13-16-20-26-32-38-46(4)5)57-51(54)42-36-30-22-18-12-10-8-9-11-15-19-25-31-37-45(2)3/h45-48H,7-44H2,1-6H3/t47?,48-/m1/s1. The van der Waals surface area contributed by atoms with Crippen molar-refractivity contribution in [2.75, 3.05) is 13.2 Å². The smallest absolute Gasteiger partial charge is 0.306 e. The van der Waals surface area contributed by atoms with E-state index >= 15 is 0 Å². The van der Waals surface area contributed by atoms with E-state index in [0.717, 1.165) is 75.5 Å². The molecule has 0 aromatic heterocycles. The fourth-order valence-electron chi connectivity index (χ4n) is 7.55. The number of carbonyl (C=O) groups excluding carboxylic acids is 3. The summed E-state index contributed by atoms with van der Waals surface area (Å²) >= 11 is 0. The molecule has 0 aliphatic rings. The van der Waals surface area contributed by atoms with Crippen LogP contribution in [-0.4, -0.2) is 37.2 Å². The van der Waals surface area contributed by atoms with Crippen molar-refractivity contribution in [2.24, 2.45) is 17.8 Å². The third-order valence-electron chi connectivity index (χ3n) is 11.8. The van der Waals surface area contributed by atoms with E-state index in [4.69, 9.17) is 14.2 Å². The van der Waals surface area contributed by atoms with Crippen molar-refractivity contribution in [1.82, 2.24) is 0 Å². The van der Waals surface area contributed by atoms with Crippen molar-refractivity contribution in [3.63, 3.8) is 0 Å². The van der Waals surface area contributed by atoms with Crippen LogP contribution in [0.5, 0.6) is 0 Å². The normalized spacial score (nSPS) is 12.6. The molecule has 0 rings (SSSR count). The van der Waals surface area contributed by atoms with Gasteiger partial charge in [-0.05, 0) is 37.0 Å². The first-order valence-corrected chi connectivity index (χ1v) is 25.1. The van der Waals surface area contributed by atoms with Crippen LogP contribution in [0.2, 0.25) is 0 Å². The molecule has 6 nitrogen and oxygen atoms in total. The van der Waals surface area contributed by atoms with Gasteiger partial charge in [0.05, 0.1) is 0 Å². The van der Waals surface area contributed by atoms with Gasteiger partial charge >= 0.3 is 17.9 Å². The number of carbonyl (C=O) groups is 3. The maximum absolute atomic E-state index is 12.8. The van der Waals surface area contributed by atoms with Gasteiger partial charge in [-0.3, -0.25) is 14.4 Å². The third kappa shape index (κ3) is 43.8. The molecule has 0 N–H and O–H groups in total. The Bertz CT molecular complexity index is 885. The number of rotatable bonds is 44. The largest absolute Gasteiger partial charge is 0.462 e. The van der Waals surface area contributed by atoms with Crippen molar-refractivity contribution in [1.29, 1.82) is 0 Å². The minimum Gasteiger partial charge on any atom is -0.462 e. The maximum Gasteiger partial charge on any atom is 0.306 e. The molecule has 0 bridgehead atoms. The summed E-state index contributed by atoms with van der Waals surface area (Å²) in [6, 6.07) is 0. The molecule has 0 aliphatic heterocycles. The molecule has 0 amide bonds. The lowest BCUT2D eigenvalue weighted by Crippen LogP contribution is -2.30. The average Bonchev–Trinajstić information content (AvgIpc) is 3.18. The summed E-state index contributed by atoms with van der Waals surface area (Å²) < 4.78 is 16.8.